The van der Waals surface area contributed by atoms with Crippen molar-refractivity contribution in [3.05, 3.63) is 35.2 Å². The van der Waals surface area contributed by atoms with Gasteiger partial charge in [0.2, 0.25) is 0 Å². The zero-order chi connectivity index (χ0) is 15.2. The second kappa shape index (κ2) is 7.63. The monoisotopic (exact) mass is 280 g/mol. The first kappa shape index (κ1) is 17.0. The Morgan fingerprint density at radius 3 is 2.45 bits per heavy atom. The summed E-state index contributed by atoms with van der Waals surface area (Å²) in [7, 11) is 0. The second-order valence-corrected chi connectivity index (χ2v) is 5.58. The van der Waals surface area contributed by atoms with Crippen molar-refractivity contribution in [2.75, 3.05) is 19.6 Å². The van der Waals surface area contributed by atoms with Gasteiger partial charge in [0.1, 0.15) is 5.67 Å². The summed E-state index contributed by atoms with van der Waals surface area (Å²) < 4.78 is 13.7. The van der Waals surface area contributed by atoms with E-state index in [1.165, 1.54) is 16.8 Å². The SMILES string of the molecule is C/C=C1\NC=C(CN2CCC(C)(F)CC2)C=C1C.CC. The number of allylic oxidation sites excluding steroid dienone is 2. The minimum Gasteiger partial charge on any atom is -0.361 e. The summed E-state index contributed by atoms with van der Waals surface area (Å²) in [5.74, 6) is 0. The standard InChI is InChI=1S/C15H23FN2.C2H6/c1-4-14-12(2)9-13(10-17-14)11-18-7-5-15(3,16)6-8-18;1-2/h4,9-10,17H,5-8,11H2,1-3H3;1-2H3/b14-4-;. The third-order valence-electron chi connectivity index (χ3n) is 3.83. The van der Waals surface area contributed by atoms with Crippen LogP contribution in [0.15, 0.2) is 35.2 Å². The van der Waals surface area contributed by atoms with E-state index in [2.05, 4.69) is 35.5 Å². The number of hydrogen-bond acceptors (Lipinski definition) is 2. The molecule has 0 radical (unpaired) electrons. The molecule has 2 aliphatic heterocycles. The van der Waals surface area contributed by atoms with Crippen LogP contribution in [0.3, 0.4) is 0 Å². The molecule has 20 heavy (non-hydrogen) atoms. The van der Waals surface area contributed by atoms with E-state index in [0.29, 0.717) is 12.8 Å². The van der Waals surface area contributed by atoms with E-state index in [0.717, 1.165) is 19.6 Å². The highest BCUT2D eigenvalue weighted by Crippen LogP contribution is 2.26. The van der Waals surface area contributed by atoms with E-state index < -0.39 is 5.67 Å². The summed E-state index contributed by atoms with van der Waals surface area (Å²) in [6.07, 6.45) is 7.66. The molecule has 1 fully saturated rings. The fourth-order valence-corrected chi connectivity index (χ4v) is 2.52. The molecule has 0 unspecified atom stereocenters. The van der Waals surface area contributed by atoms with Crippen LogP contribution >= 0.6 is 0 Å². The normalized spacial score (nSPS) is 24.2. The third kappa shape index (κ3) is 4.78. The first-order valence-corrected chi connectivity index (χ1v) is 7.72. The summed E-state index contributed by atoms with van der Waals surface area (Å²) >= 11 is 0. The van der Waals surface area contributed by atoms with E-state index >= 15 is 0 Å². The zero-order valence-corrected chi connectivity index (χ0v) is 13.6. The maximum atomic E-state index is 13.7. The minimum absolute atomic E-state index is 0.649. The maximum Gasteiger partial charge on any atom is 0.110 e. The molecule has 0 aromatic rings. The summed E-state index contributed by atoms with van der Waals surface area (Å²) in [5.41, 5.74) is 2.76. The molecule has 1 N–H and O–H groups in total. The van der Waals surface area contributed by atoms with Crippen LogP contribution in [-0.2, 0) is 0 Å². The van der Waals surface area contributed by atoms with Crippen LogP contribution < -0.4 is 5.32 Å². The number of piperidine rings is 1. The Morgan fingerprint density at radius 1 is 1.35 bits per heavy atom. The van der Waals surface area contributed by atoms with Crippen LogP contribution in [0.4, 0.5) is 4.39 Å². The fraction of sp³-hybridized carbons (Fsp3) is 0.647. The van der Waals surface area contributed by atoms with Crippen molar-refractivity contribution in [3.8, 4) is 0 Å². The van der Waals surface area contributed by atoms with Gasteiger partial charge in [0.15, 0.2) is 0 Å². The first-order valence-electron chi connectivity index (χ1n) is 7.72. The molecule has 0 amide bonds. The summed E-state index contributed by atoms with van der Waals surface area (Å²) in [6.45, 7) is 12.5. The van der Waals surface area contributed by atoms with Crippen LogP contribution in [0.2, 0.25) is 0 Å². The van der Waals surface area contributed by atoms with Crippen molar-refractivity contribution in [2.24, 2.45) is 0 Å². The van der Waals surface area contributed by atoms with Crippen molar-refractivity contribution in [3.63, 3.8) is 0 Å². The van der Waals surface area contributed by atoms with Crippen LogP contribution in [0.1, 0.15) is 47.5 Å². The lowest BCUT2D eigenvalue weighted by Gasteiger charge is -2.34. The molecule has 3 heteroatoms. The number of alkyl halides is 1. The Morgan fingerprint density at radius 2 is 1.95 bits per heavy atom. The van der Waals surface area contributed by atoms with Gasteiger partial charge in [0.05, 0.1) is 0 Å². The molecule has 0 aromatic heterocycles. The maximum absolute atomic E-state index is 13.7. The molecule has 0 spiro atoms. The van der Waals surface area contributed by atoms with E-state index in [1.54, 1.807) is 6.92 Å². The highest BCUT2D eigenvalue weighted by Gasteiger charge is 2.29. The molecule has 2 rings (SSSR count). The number of hydrogen-bond donors (Lipinski definition) is 1. The van der Waals surface area contributed by atoms with Gasteiger partial charge >= 0.3 is 0 Å². The molecule has 0 aromatic carbocycles. The third-order valence-corrected chi connectivity index (χ3v) is 3.83. The first-order chi connectivity index (χ1) is 9.50. The smallest absolute Gasteiger partial charge is 0.110 e. The Kier molecular flexibility index (Phi) is 6.47. The number of dihydropyridines is 1. The molecule has 1 saturated heterocycles. The molecule has 2 aliphatic rings. The van der Waals surface area contributed by atoms with Gasteiger partial charge in [-0.05, 0) is 44.8 Å². The van der Waals surface area contributed by atoms with Gasteiger partial charge in [-0.25, -0.2) is 4.39 Å². The van der Waals surface area contributed by atoms with E-state index in [9.17, 15) is 4.39 Å². The van der Waals surface area contributed by atoms with E-state index in [-0.39, 0.29) is 0 Å². The predicted octanol–water partition coefficient (Wildman–Crippen LogP) is 4.17. The van der Waals surface area contributed by atoms with E-state index in [4.69, 9.17) is 0 Å². The van der Waals surface area contributed by atoms with Crippen LogP contribution in [-0.4, -0.2) is 30.2 Å². The topological polar surface area (TPSA) is 15.3 Å². The summed E-state index contributed by atoms with van der Waals surface area (Å²) in [5, 5.41) is 3.30. The van der Waals surface area contributed by atoms with Crippen molar-refractivity contribution in [1.82, 2.24) is 10.2 Å². The number of likely N-dealkylation sites (tertiary alicyclic amines) is 1. The molecule has 2 nitrogen and oxygen atoms in total. The molecule has 2 heterocycles. The molecular formula is C17H29FN2. The van der Waals surface area contributed by atoms with Gasteiger partial charge in [-0.1, -0.05) is 26.0 Å². The highest BCUT2D eigenvalue weighted by molar-refractivity contribution is 5.40. The Balaban J connectivity index is 0.000000956. The Labute approximate surface area is 123 Å². The van der Waals surface area contributed by atoms with Gasteiger partial charge in [-0.15, -0.1) is 0 Å². The number of rotatable bonds is 2. The van der Waals surface area contributed by atoms with Crippen molar-refractivity contribution in [1.29, 1.82) is 0 Å². The van der Waals surface area contributed by atoms with E-state index in [1.807, 2.05) is 20.8 Å². The number of nitrogens with one attached hydrogen (secondary N) is 1. The lowest BCUT2D eigenvalue weighted by atomic mass is 9.95. The molecule has 114 valence electrons. The van der Waals surface area contributed by atoms with Crippen molar-refractivity contribution in [2.45, 2.75) is 53.1 Å². The van der Waals surface area contributed by atoms with Gasteiger partial charge < -0.3 is 5.32 Å². The van der Waals surface area contributed by atoms with Crippen LogP contribution in [0.25, 0.3) is 0 Å². The van der Waals surface area contributed by atoms with Gasteiger partial charge in [-0.3, -0.25) is 4.90 Å². The lowest BCUT2D eigenvalue weighted by Crippen LogP contribution is -2.41. The minimum atomic E-state index is -0.959. The zero-order valence-electron chi connectivity index (χ0n) is 13.6. The molecular weight excluding hydrogens is 251 g/mol. The van der Waals surface area contributed by atoms with Crippen LogP contribution in [0, 0.1) is 0 Å². The van der Waals surface area contributed by atoms with Crippen molar-refractivity contribution >= 4 is 0 Å². The number of halogens is 1. The summed E-state index contributed by atoms with van der Waals surface area (Å²) in [4.78, 5) is 2.33. The molecule has 0 atom stereocenters. The average Bonchev–Trinajstić information content (AvgIpc) is 2.44. The van der Waals surface area contributed by atoms with Gasteiger partial charge in [0.25, 0.3) is 0 Å². The quantitative estimate of drug-likeness (QED) is 0.816. The average molecular weight is 280 g/mol. The van der Waals surface area contributed by atoms with Crippen LogP contribution in [0.5, 0.6) is 0 Å². The van der Waals surface area contributed by atoms with Crippen molar-refractivity contribution < 1.29 is 4.39 Å². The molecule has 0 aliphatic carbocycles. The predicted molar refractivity (Wildman–Crippen MR) is 85.3 cm³/mol. The van der Waals surface area contributed by atoms with Gasteiger partial charge in [0, 0.05) is 31.5 Å². The largest absolute Gasteiger partial charge is 0.361 e. The lowest BCUT2D eigenvalue weighted by molar-refractivity contribution is 0.0791. The molecule has 0 bridgehead atoms. The number of nitrogens with zero attached hydrogens (tertiary/aromatic N) is 1. The fourth-order valence-electron chi connectivity index (χ4n) is 2.52. The Hall–Kier alpha value is -1.09. The van der Waals surface area contributed by atoms with Gasteiger partial charge in [-0.2, -0.15) is 0 Å². The second-order valence-electron chi connectivity index (χ2n) is 5.58. The molecule has 0 saturated carbocycles. The summed E-state index contributed by atoms with van der Waals surface area (Å²) in [6, 6.07) is 0. The highest BCUT2D eigenvalue weighted by atomic mass is 19.1. The Bertz CT molecular complexity index is 395.